The Morgan fingerprint density at radius 3 is 2.63 bits per heavy atom. The minimum atomic E-state index is -0.547. The van der Waals surface area contributed by atoms with E-state index in [9.17, 15) is 14.7 Å². The fraction of sp³-hybridized carbons (Fsp3) is 0.286. The molecule has 3 aromatic rings. The van der Waals surface area contributed by atoms with Crippen molar-refractivity contribution in [3.63, 3.8) is 0 Å². The Morgan fingerprint density at radius 1 is 1.20 bits per heavy atom. The summed E-state index contributed by atoms with van der Waals surface area (Å²) in [6, 6.07) is 14.1. The Hall–Kier alpha value is -4.00. The van der Waals surface area contributed by atoms with E-state index in [4.69, 9.17) is 14.2 Å². The average molecular weight is 476 g/mol. The van der Waals surface area contributed by atoms with Crippen molar-refractivity contribution >= 4 is 5.97 Å². The van der Waals surface area contributed by atoms with E-state index in [1.807, 2.05) is 38.1 Å². The number of benzene rings is 2. The number of methoxy groups -OCH3 is 1. The summed E-state index contributed by atoms with van der Waals surface area (Å²) in [4.78, 5) is 26.3. The summed E-state index contributed by atoms with van der Waals surface area (Å²) in [6.07, 6.45) is 0.621. The quantitative estimate of drug-likeness (QED) is 0.381. The van der Waals surface area contributed by atoms with E-state index in [1.165, 1.54) is 0 Å². The Bertz CT molecular complexity index is 1320. The topological polar surface area (TPSA) is 87.0 Å². The predicted octanol–water partition coefficient (Wildman–Crippen LogP) is 4.51. The van der Waals surface area contributed by atoms with Gasteiger partial charge in [0, 0.05) is 29.8 Å². The number of nitrogens with zero attached hydrogens (tertiary/aromatic N) is 1. The molecule has 7 heteroatoms. The molecule has 1 aliphatic heterocycles. The molecule has 1 unspecified atom stereocenters. The van der Waals surface area contributed by atoms with E-state index in [1.54, 1.807) is 35.9 Å². The first-order chi connectivity index (χ1) is 16.8. The van der Waals surface area contributed by atoms with E-state index >= 15 is 0 Å². The summed E-state index contributed by atoms with van der Waals surface area (Å²) in [5.41, 5.74) is 3.44. The van der Waals surface area contributed by atoms with E-state index in [0.717, 1.165) is 11.1 Å². The second-order valence-electron chi connectivity index (χ2n) is 8.79. The van der Waals surface area contributed by atoms with Crippen LogP contribution in [0.5, 0.6) is 23.0 Å². The van der Waals surface area contributed by atoms with Gasteiger partial charge in [-0.3, -0.25) is 9.59 Å². The number of para-hydroxylation sites is 1. The van der Waals surface area contributed by atoms with Gasteiger partial charge in [-0.05, 0) is 49.6 Å². The zero-order valence-electron chi connectivity index (χ0n) is 20.2. The Kier molecular flexibility index (Phi) is 6.96. The van der Waals surface area contributed by atoms with Crippen molar-refractivity contribution in [1.29, 1.82) is 0 Å². The van der Waals surface area contributed by atoms with Crippen molar-refractivity contribution in [2.45, 2.75) is 39.2 Å². The number of pyridine rings is 1. The maximum absolute atomic E-state index is 13.8. The summed E-state index contributed by atoms with van der Waals surface area (Å²) >= 11 is 0. The van der Waals surface area contributed by atoms with E-state index in [-0.39, 0.29) is 30.1 Å². The van der Waals surface area contributed by atoms with Crippen LogP contribution in [0, 0.1) is 6.92 Å². The van der Waals surface area contributed by atoms with Crippen LogP contribution >= 0.6 is 0 Å². The number of rotatable bonds is 8. The molecule has 0 bridgehead atoms. The second kappa shape index (κ2) is 10.1. The number of phenolic OH excluding ortho intramolecular Hbond substituents is 1. The number of esters is 1. The van der Waals surface area contributed by atoms with Crippen LogP contribution in [-0.2, 0) is 17.8 Å². The molecule has 0 radical (unpaired) electrons. The van der Waals surface area contributed by atoms with Gasteiger partial charge >= 0.3 is 5.97 Å². The van der Waals surface area contributed by atoms with Gasteiger partial charge in [0.25, 0.3) is 5.56 Å². The number of aromatic hydroxyl groups is 1. The van der Waals surface area contributed by atoms with Crippen LogP contribution in [0.15, 0.2) is 65.5 Å². The minimum Gasteiger partial charge on any atom is -0.508 e. The molecular formula is C28H29NO6. The Labute approximate surface area is 204 Å². The largest absolute Gasteiger partial charge is 0.508 e. The van der Waals surface area contributed by atoms with Crippen molar-refractivity contribution in [1.82, 2.24) is 4.57 Å². The number of fused-ring (bicyclic) bond motifs is 1. The van der Waals surface area contributed by atoms with Crippen LogP contribution in [0.4, 0.5) is 0 Å². The predicted molar refractivity (Wildman–Crippen MR) is 133 cm³/mol. The maximum Gasteiger partial charge on any atom is 0.312 e. The van der Waals surface area contributed by atoms with Crippen molar-refractivity contribution in [3.8, 4) is 23.0 Å². The van der Waals surface area contributed by atoms with Gasteiger partial charge in [-0.1, -0.05) is 30.8 Å². The highest BCUT2D eigenvalue weighted by Crippen LogP contribution is 2.44. The van der Waals surface area contributed by atoms with Gasteiger partial charge in [-0.2, -0.15) is 0 Å². The number of carbonyl (C=O) groups excluding carboxylic acids is 1. The van der Waals surface area contributed by atoms with Crippen LogP contribution in [-0.4, -0.2) is 29.4 Å². The molecule has 0 spiro atoms. The summed E-state index contributed by atoms with van der Waals surface area (Å²) in [6.45, 7) is 8.30. The normalized spacial score (nSPS) is 14.7. The number of phenols is 1. The third kappa shape index (κ3) is 5.09. The van der Waals surface area contributed by atoms with Crippen LogP contribution in [0.25, 0.3) is 0 Å². The van der Waals surface area contributed by atoms with Gasteiger partial charge in [0.15, 0.2) is 11.5 Å². The molecular weight excluding hydrogens is 446 g/mol. The van der Waals surface area contributed by atoms with E-state index in [2.05, 4.69) is 6.58 Å². The molecule has 0 saturated heterocycles. The molecule has 2 aromatic carbocycles. The summed E-state index contributed by atoms with van der Waals surface area (Å²) < 4.78 is 18.8. The molecule has 0 amide bonds. The van der Waals surface area contributed by atoms with Crippen molar-refractivity contribution < 1.29 is 24.1 Å². The van der Waals surface area contributed by atoms with Gasteiger partial charge in [0.1, 0.15) is 18.1 Å². The van der Waals surface area contributed by atoms with Gasteiger partial charge in [0.2, 0.25) is 0 Å². The lowest BCUT2D eigenvalue weighted by Crippen LogP contribution is -2.33. The Morgan fingerprint density at radius 2 is 1.94 bits per heavy atom. The highest BCUT2D eigenvalue weighted by Gasteiger charge is 2.35. The first-order valence-electron chi connectivity index (χ1n) is 11.5. The van der Waals surface area contributed by atoms with Crippen molar-refractivity contribution in [3.05, 3.63) is 93.4 Å². The fourth-order valence-corrected chi connectivity index (χ4v) is 4.36. The number of aryl methyl sites for hydroxylation is 2. The van der Waals surface area contributed by atoms with Crippen LogP contribution in [0.1, 0.15) is 41.6 Å². The third-order valence-electron chi connectivity index (χ3n) is 6.08. The zero-order chi connectivity index (χ0) is 25.1. The lowest BCUT2D eigenvalue weighted by atomic mass is 9.86. The SMILES string of the molecule is C=C(C)COc1c(OC)cccc1C1CC(=O)Oc2cc(C)n(CCc3ccc(O)cc3)c(=O)c21. The van der Waals surface area contributed by atoms with Crippen molar-refractivity contribution in [2.75, 3.05) is 13.7 Å². The second-order valence-corrected chi connectivity index (χ2v) is 8.79. The number of aromatic nitrogens is 1. The molecule has 4 rings (SSSR count). The smallest absolute Gasteiger partial charge is 0.312 e. The van der Waals surface area contributed by atoms with Gasteiger partial charge in [-0.25, -0.2) is 0 Å². The number of carbonyl (C=O) groups is 1. The third-order valence-corrected chi connectivity index (χ3v) is 6.08. The van der Waals surface area contributed by atoms with Gasteiger partial charge < -0.3 is 23.9 Å². The lowest BCUT2D eigenvalue weighted by Gasteiger charge is -2.28. The molecule has 1 N–H and O–H groups in total. The van der Waals surface area contributed by atoms with Crippen LogP contribution in [0.3, 0.4) is 0 Å². The van der Waals surface area contributed by atoms with Crippen LogP contribution in [0.2, 0.25) is 0 Å². The van der Waals surface area contributed by atoms with Gasteiger partial charge in [0.05, 0.1) is 19.1 Å². The minimum absolute atomic E-state index is 0.0138. The fourth-order valence-electron chi connectivity index (χ4n) is 4.36. The van der Waals surface area contributed by atoms with Gasteiger partial charge in [-0.15, -0.1) is 0 Å². The standard InChI is InChI=1S/C28H29NO6/c1-17(2)16-34-27-21(6-5-7-23(27)33-4)22-15-25(31)35-24-14-18(3)29(28(32)26(22)24)13-12-19-8-10-20(30)11-9-19/h5-11,14,22,30H,1,12-13,15-16H2,2-4H3. The molecule has 1 aliphatic rings. The molecule has 0 saturated carbocycles. The molecule has 1 aromatic heterocycles. The van der Waals surface area contributed by atoms with E-state index in [0.29, 0.717) is 41.3 Å². The number of hydrogen-bond acceptors (Lipinski definition) is 6. The number of hydrogen-bond donors (Lipinski definition) is 1. The summed E-state index contributed by atoms with van der Waals surface area (Å²) in [5.74, 6) is 0.529. The first-order valence-corrected chi connectivity index (χ1v) is 11.5. The first kappa shape index (κ1) is 24.1. The van der Waals surface area contributed by atoms with E-state index < -0.39 is 11.9 Å². The molecule has 2 heterocycles. The molecule has 0 fully saturated rings. The monoisotopic (exact) mass is 475 g/mol. The molecule has 35 heavy (non-hydrogen) atoms. The highest BCUT2D eigenvalue weighted by molar-refractivity contribution is 5.78. The lowest BCUT2D eigenvalue weighted by molar-refractivity contribution is -0.135. The number of ether oxygens (including phenoxy) is 3. The summed E-state index contributed by atoms with van der Waals surface area (Å²) in [5, 5.41) is 9.53. The Balaban J connectivity index is 1.78. The average Bonchev–Trinajstić information content (AvgIpc) is 2.82. The van der Waals surface area contributed by atoms with Crippen LogP contribution < -0.4 is 19.8 Å². The maximum atomic E-state index is 13.8. The highest BCUT2D eigenvalue weighted by atomic mass is 16.5. The molecule has 0 aliphatic carbocycles. The molecule has 182 valence electrons. The van der Waals surface area contributed by atoms with Crippen molar-refractivity contribution in [2.24, 2.45) is 0 Å². The summed E-state index contributed by atoms with van der Waals surface area (Å²) in [7, 11) is 1.55. The zero-order valence-corrected chi connectivity index (χ0v) is 20.2. The molecule has 1 atom stereocenters. The molecule has 7 nitrogen and oxygen atoms in total.